The Morgan fingerprint density at radius 1 is 1.21 bits per heavy atom. The molecule has 0 bridgehead atoms. The highest BCUT2D eigenvalue weighted by Gasteiger charge is 2.19. The van der Waals surface area contributed by atoms with Gasteiger partial charge in [0.1, 0.15) is 17.6 Å². The maximum Gasteiger partial charge on any atom is 0.141 e. The van der Waals surface area contributed by atoms with E-state index in [4.69, 9.17) is 17.3 Å². The van der Waals surface area contributed by atoms with Gasteiger partial charge in [-0.1, -0.05) is 54.6 Å². The number of H-pyrrole nitrogens is 1. The first-order valence-electron chi connectivity index (χ1n) is 10.5. The Bertz CT molecular complexity index is 1460. The molecular formula is C27H21ClFN5. The lowest BCUT2D eigenvalue weighted by Gasteiger charge is -2.10. The van der Waals surface area contributed by atoms with Crippen molar-refractivity contribution in [3.8, 4) is 17.2 Å². The number of rotatable bonds is 7. The molecule has 0 radical (unpaired) electrons. The second kappa shape index (κ2) is 10.1. The van der Waals surface area contributed by atoms with Crippen LogP contribution in [-0.4, -0.2) is 9.97 Å². The van der Waals surface area contributed by atoms with Crippen molar-refractivity contribution in [1.29, 1.82) is 5.26 Å². The van der Waals surface area contributed by atoms with Crippen molar-refractivity contribution in [3.05, 3.63) is 119 Å². The highest BCUT2D eigenvalue weighted by atomic mass is 35.5. The number of aromatic nitrogens is 2. The second-order valence-electron chi connectivity index (χ2n) is 7.53. The number of hydrogen-bond acceptors (Lipinski definition) is 4. The van der Waals surface area contributed by atoms with Gasteiger partial charge >= 0.3 is 0 Å². The fraction of sp³-hybridized carbons (Fsp3) is 0.0370. The molecule has 0 atom stereocenters. The third-order valence-corrected chi connectivity index (χ3v) is 5.51. The van der Waals surface area contributed by atoms with Crippen molar-refractivity contribution in [3.63, 3.8) is 0 Å². The summed E-state index contributed by atoms with van der Waals surface area (Å²) < 4.78 is 13.9. The Kier molecular flexibility index (Phi) is 6.77. The van der Waals surface area contributed by atoms with E-state index in [0.29, 0.717) is 40.1 Å². The largest absolute Gasteiger partial charge is 0.405 e. The number of benzene rings is 2. The molecule has 0 aliphatic heterocycles. The quantitative estimate of drug-likeness (QED) is 0.287. The zero-order valence-electron chi connectivity index (χ0n) is 18.1. The van der Waals surface area contributed by atoms with Gasteiger partial charge in [0, 0.05) is 23.4 Å². The summed E-state index contributed by atoms with van der Waals surface area (Å²) in [4.78, 5) is 7.85. The van der Waals surface area contributed by atoms with Crippen LogP contribution in [0.1, 0.15) is 17.0 Å². The molecule has 4 aromatic rings. The number of halogens is 2. The Morgan fingerprint density at radius 3 is 2.71 bits per heavy atom. The molecule has 4 N–H and O–H groups in total. The lowest BCUT2D eigenvalue weighted by molar-refractivity contribution is 0.628. The maximum atomic E-state index is 13.9. The number of nitrogens with zero attached hydrogens (tertiary/aromatic N) is 2. The summed E-state index contributed by atoms with van der Waals surface area (Å²) in [6.45, 7) is 4.73. The number of allylic oxidation sites excluding steroid dienone is 3. The second-order valence-corrected chi connectivity index (χ2v) is 7.94. The summed E-state index contributed by atoms with van der Waals surface area (Å²) in [5.74, 6) is -0.520. The fourth-order valence-corrected chi connectivity index (χ4v) is 3.82. The molecule has 0 saturated carbocycles. The molecule has 5 nitrogen and oxygen atoms in total. The first-order chi connectivity index (χ1) is 16.5. The number of fused-ring (bicyclic) bond motifs is 1. The molecule has 168 valence electrons. The lowest BCUT2D eigenvalue weighted by Crippen LogP contribution is -2.10. The standard InChI is InChI=1S/C27H21ClFN5/c1-17(32-16-18-5-3-2-4-6-18)13-20(11-12-30)26-25(19-7-9-23(29)22(28)14-19)27-24(34-26)10-8-21(15-31)33-27/h2-14,32,34H,1,16,30H2/b12-11-,20-13+. The maximum absolute atomic E-state index is 13.9. The lowest BCUT2D eigenvalue weighted by atomic mass is 9.99. The highest BCUT2D eigenvalue weighted by Crippen LogP contribution is 2.37. The summed E-state index contributed by atoms with van der Waals surface area (Å²) in [7, 11) is 0. The molecule has 0 fully saturated rings. The van der Waals surface area contributed by atoms with Crippen molar-refractivity contribution in [2.45, 2.75) is 6.54 Å². The van der Waals surface area contributed by atoms with Crippen LogP contribution in [0.4, 0.5) is 4.39 Å². The molecule has 2 aromatic carbocycles. The normalized spacial score (nSPS) is 11.6. The molecule has 0 aliphatic rings. The van der Waals surface area contributed by atoms with Gasteiger partial charge in [-0.2, -0.15) is 5.26 Å². The van der Waals surface area contributed by atoms with Crippen LogP contribution in [-0.2, 0) is 6.54 Å². The minimum absolute atomic E-state index is 0.0110. The molecule has 0 spiro atoms. The van der Waals surface area contributed by atoms with Gasteiger partial charge < -0.3 is 16.0 Å². The van der Waals surface area contributed by atoms with Crippen molar-refractivity contribution < 1.29 is 4.39 Å². The van der Waals surface area contributed by atoms with E-state index in [9.17, 15) is 9.65 Å². The third kappa shape index (κ3) is 4.85. The van der Waals surface area contributed by atoms with E-state index < -0.39 is 5.82 Å². The van der Waals surface area contributed by atoms with Crippen molar-refractivity contribution in [2.24, 2.45) is 5.73 Å². The smallest absolute Gasteiger partial charge is 0.141 e. The highest BCUT2D eigenvalue weighted by molar-refractivity contribution is 6.31. The molecule has 0 saturated heterocycles. The average molecular weight is 470 g/mol. The molecule has 0 unspecified atom stereocenters. The number of nitrogens with one attached hydrogen (secondary N) is 2. The van der Waals surface area contributed by atoms with Crippen molar-refractivity contribution >= 4 is 28.2 Å². The first kappa shape index (κ1) is 22.8. The van der Waals surface area contributed by atoms with E-state index in [-0.39, 0.29) is 10.7 Å². The molecule has 4 rings (SSSR count). The third-order valence-electron chi connectivity index (χ3n) is 5.22. The van der Waals surface area contributed by atoms with Crippen LogP contribution < -0.4 is 11.1 Å². The number of hydrogen-bond donors (Lipinski definition) is 3. The Labute approximate surface area is 201 Å². The number of pyridine rings is 1. The summed E-state index contributed by atoms with van der Waals surface area (Å²) in [6.07, 6.45) is 5.02. The van der Waals surface area contributed by atoms with Crippen LogP contribution in [0.2, 0.25) is 5.02 Å². The Morgan fingerprint density at radius 2 is 2.00 bits per heavy atom. The SMILES string of the molecule is C=C(/C=C(\C=C/N)c1[nH]c2ccc(C#N)nc2c1-c1ccc(F)c(Cl)c1)NCc1ccccc1. The monoisotopic (exact) mass is 469 g/mol. The zero-order valence-corrected chi connectivity index (χ0v) is 18.9. The summed E-state index contributed by atoms with van der Waals surface area (Å²) in [5, 5.41) is 12.6. The van der Waals surface area contributed by atoms with Crippen molar-refractivity contribution in [1.82, 2.24) is 15.3 Å². The summed E-state index contributed by atoms with van der Waals surface area (Å²) >= 11 is 6.09. The van der Waals surface area contributed by atoms with Gasteiger partial charge in [-0.05, 0) is 53.7 Å². The minimum Gasteiger partial charge on any atom is -0.405 e. The Balaban J connectivity index is 1.82. The average Bonchev–Trinajstić information content (AvgIpc) is 3.23. The predicted molar refractivity (Wildman–Crippen MR) is 135 cm³/mol. The van der Waals surface area contributed by atoms with Gasteiger partial charge in [-0.3, -0.25) is 0 Å². The van der Waals surface area contributed by atoms with Crippen LogP contribution in [0.5, 0.6) is 0 Å². The topological polar surface area (TPSA) is 90.5 Å². The van der Waals surface area contributed by atoms with E-state index in [2.05, 4.69) is 27.9 Å². The minimum atomic E-state index is -0.520. The Hall–Kier alpha value is -4.34. The van der Waals surface area contributed by atoms with Crippen LogP contribution in [0.25, 0.3) is 27.7 Å². The van der Waals surface area contributed by atoms with Gasteiger partial charge in [-0.25, -0.2) is 9.37 Å². The molecule has 2 heterocycles. The van der Waals surface area contributed by atoms with Gasteiger partial charge in [-0.15, -0.1) is 0 Å². The van der Waals surface area contributed by atoms with E-state index in [1.54, 1.807) is 24.3 Å². The van der Waals surface area contributed by atoms with E-state index >= 15 is 0 Å². The van der Waals surface area contributed by atoms with Gasteiger partial charge in [0.25, 0.3) is 0 Å². The number of aromatic amines is 1. The molecule has 7 heteroatoms. The van der Waals surface area contributed by atoms with Gasteiger partial charge in [0.05, 0.1) is 21.7 Å². The van der Waals surface area contributed by atoms with Crippen molar-refractivity contribution in [2.75, 3.05) is 0 Å². The van der Waals surface area contributed by atoms with E-state index in [0.717, 1.165) is 11.1 Å². The van der Waals surface area contributed by atoms with Crippen LogP contribution >= 0.6 is 11.6 Å². The fourth-order valence-electron chi connectivity index (χ4n) is 3.64. The van der Waals surface area contributed by atoms with E-state index in [1.807, 2.05) is 36.4 Å². The molecule has 34 heavy (non-hydrogen) atoms. The van der Waals surface area contributed by atoms with Crippen LogP contribution in [0.3, 0.4) is 0 Å². The number of nitrogens with two attached hydrogens (primary N) is 1. The molecule has 0 aliphatic carbocycles. The van der Waals surface area contributed by atoms with Crippen LogP contribution in [0.15, 0.2) is 91.3 Å². The first-order valence-corrected chi connectivity index (χ1v) is 10.8. The summed E-state index contributed by atoms with van der Waals surface area (Å²) in [6, 6.07) is 19.9. The predicted octanol–water partition coefficient (Wildman–Crippen LogP) is 6.05. The van der Waals surface area contributed by atoms with Gasteiger partial charge in [0.2, 0.25) is 0 Å². The van der Waals surface area contributed by atoms with Crippen LogP contribution in [0, 0.1) is 17.1 Å². The summed E-state index contributed by atoms with van der Waals surface area (Å²) in [5.41, 5.74) is 11.8. The zero-order chi connectivity index (χ0) is 24.1. The van der Waals surface area contributed by atoms with E-state index in [1.165, 1.54) is 18.3 Å². The molecule has 0 amide bonds. The molecular weight excluding hydrogens is 449 g/mol. The van der Waals surface area contributed by atoms with Gasteiger partial charge in [0.15, 0.2) is 0 Å². The molecule has 2 aromatic heterocycles. The number of nitriles is 1.